The predicted molar refractivity (Wildman–Crippen MR) is 67.0 cm³/mol. The number of hydrogen-bond acceptors (Lipinski definition) is 2. The molecular formula is C14H24O2. The molecule has 0 N–H and O–H groups in total. The van der Waals surface area contributed by atoms with Gasteiger partial charge in [0.25, 0.3) is 0 Å². The highest BCUT2D eigenvalue weighted by Crippen LogP contribution is 2.09. The highest BCUT2D eigenvalue weighted by molar-refractivity contribution is 5.87. The molecule has 0 saturated heterocycles. The molecule has 0 saturated carbocycles. The zero-order valence-corrected chi connectivity index (χ0v) is 10.5. The minimum atomic E-state index is -0.542. The van der Waals surface area contributed by atoms with E-state index in [4.69, 9.17) is 11.2 Å². The first kappa shape index (κ1) is 15.0. The second kappa shape index (κ2) is 12.1. The van der Waals surface area contributed by atoms with Crippen molar-refractivity contribution in [1.29, 1.82) is 0 Å². The van der Waals surface area contributed by atoms with Gasteiger partial charge in [-0.3, -0.25) is 0 Å². The summed E-state index contributed by atoms with van der Waals surface area (Å²) in [5.41, 5.74) is 0. The molecule has 0 aromatic carbocycles. The number of rotatable bonds is 10. The van der Waals surface area contributed by atoms with Crippen molar-refractivity contribution in [2.45, 2.75) is 64.7 Å². The molecule has 0 spiro atoms. The highest BCUT2D eigenvalue weighted by Gasteiger charge is 1.96. The van der Waals surface area contributed by atoms with Crippen molar-refractivity contribution in [1.82, 2.24) is 0 Å². The van der Waals surface area contributed by atoms with Gasteiger partial charge in [0.15, 0.2) is 0 Å². The maximum atomic E-state index is 10.6. The third-order valence-corrected chi connectivity index (χ3v) is 2.60. The van der Waals surface area contributed by atoms with Crippen LogP contribution in [-0.2, 0) is 9.53 Å². The largest absolute Gasteiger partial charge is 0.456 e. The van der Waals surface area contributed by atoms with E-state index in [9.17, 15) is 4.79 Å². The van der Waals surface area contributed by atoms with E-state index in [0.717, 1.165) is 12.8 Å². The Morgan fingerprint density at radius 2 is 1.50 bits per heavy atom. The summed E-state index contributed by atoms with van der Waals surface area (Å²) in [6, 6.07) is 0. The molecule has 0 fully saturated rings. The van der Waals surface area contributed by atoms with Crippen molar-refractivity contribution in [3.05, 3.63) is 0 Å². The Balaban J connectivity index is 2.99. The summed E-state index contributed by atoms with van der Waals surface area (Å²) >= 11 is 0. The Labute approximate surface area is 99.8 Å². The molecule has 0 atom stereocenters. The molecule has 2 nitrogen and oxygen atoms in total. The third kappa shape index (κ3) is 11.1. The zero-order valence-electron chi connectivity index (χ0n) is 10.5. The summed E-state index contributed by atoms with van der Waals surface area (Å²) in [5.74, 6) is 1.39. The summed E-state index contributed by atoms with van der Waals surface area (Å²) in [7, 11) is 0. The van der Waals surface area contributed by atoms with Crippen LogP contribution in [0.5, 0.6) is 0 Å². The summed E-state index contributed by atoms with van der Waals surface area (Å²) < 4.78 is 4.78. The van der Waals surface area contributed by atoms with Crippen LogP contribution in [0.1, 0.15) is 64.7 Å². The van der Waals surface area contributed by atoms with Crippen molar-refractivity contribution >= 4 is 5.97 Å². The van der Waals surface area contributed by atoms with Crippen molar-refractivity contribution < 1.29 is 9.53 Å². The lowest BCUT2D eigenvalue weighted by Crippen LogP contribution is -2.02. The maximum absolute atomic E-state index is 10.6. The Bertz CT molecular complexity index is 203. The maximum Gasteiger partial charge on any atom is 0.384 e. The van der Waals surface area contributed by atoms with Crippen LogP contribution in [0.4, 0.5) is 0 Å². The van der Waals surface area contributed by atoms with Crippen LogP contribution in [-0.4, -0.2) is 12.6 Å². The quantitative estimate of drug-likeness (QED) is 0.245. The molecular weight excluding hydrogens is 200 g/mol. The molecule has 0 aliphatic carbocycles. The lowest BCUT2D eigenvalue weighted by molar-refractivity contribution is -0.136. The van der Waals surface area contributed by atoms with Crippen LogP contribution in [0, 0.1) is 12.3 Å². The monoisotopic (exact) mass is 224 g/mol. The van der Waals surface area contributed by atoms with Gasteiger partial charge in [-0.05, 0) is 6.42 Å². The second-order valence-corrected chi connectivity index (χ2v) is 4.11. The first-order chi connectivity index (χ1) is 7.81. The summed E-state index contributed by atoms with van der Waals surface area (Å²) in [6.07, 6.45) is 16.2. The molecule has 0 radical (unpaired) electrons. The molecule has 0 aromatic heterocycles. The minimum Gasteiger partial charge on any atom is -0.456 e. The Morgan fingerprint density at radius 3 is 2.00 bits per heavy atom. The first-order valence-electron chi connectivity index (χ1n) is 6.44. The van der Waals surface area contributed by atoms with Gasteiger partial charge in [-0.2, -0.15) is 0 Å². The van der Waals surface area contributed by atoms with E-state index in [0.29, 0.717) is 6.61 Å². The molecule has 92 valence electrons. The van der Waals surface area contributed by atoms with E-state index >= 15 is 0 Å². The normalized spacial score (nSPS) is 9.75. The standard InChI is InChI=1S/C14H24O2/c1-3-5-6-7-8-9-10-11-12-13-16-14(15)4-2/h2H,3,5-13H2,1H3. The van der Waals surface area contributed by atoms with Gasteiger partial charge in [-0.25, -0.2) is 4.79 Å². The van der Waals surface area contributed by atoms with E-state index in [1.165, 1.54) is 44.9 Å². The van der Waals surface area contributed by atoms with Gasteiger partial charge in [0.05, 0.1) is 6.61 Å². The number of carbonyl (C=O) groups excluding carboxylic acids is 1. The first-order valence-corrected chi connectivity index (χ1v) is 6.44. The van der Waals surface area contributed by atoms with Crippen LogP contribution < -0.4 is 0 Å². The molecule has 0 bridgehead atoms. The third-order valence-electron chi connectivity index (χ3n) is 2.60. The van der Waals surface area contributed by atoms with Crippen LogP contribution in [0.2, 0.25) is 0 Å². The van der Waals surface area contributed by atoms with Gasteiger partial charge in [0, 0.05) is 5.92 Å². The molecule has 0 aromatic rings. The summed E-state index contributed by atoms with van der Waals surface area (Å²) in [4.78, 5) is 10.6. The average Bonchev–Trinajstić information content (AvgIpc) is 2.31. The average molecular weight is 224 g/mol. The fourth-order valence-electron chi connectivity index (χ4n) is 1.62. The number of ether oxygens (including phenoxy) is 1. The summed E-state index contributed by atoms with van der Waals surface area (Å²) in [5, 5.41) is 0. The van der Waals surface area contributed by atoms with Crippen molar-refractivity contribution in [3.8, 4) is 12.3 Å². The number of unbranched alkanes of at least 4 members (excludes halogenated alkanes) is 8. The zero-order chi connectivity index (χ0) is 12.1. The fourth-order valence-corrected chi connectivity index (χ4v) is 1.62. The number of terminal acetylenes is 1. The Morgan fingerprint density at radius 1 is 1.00 bits per heavy atom. The van der Waals surface area contributed by atoms with E-state index in [-0.39, 0.29) is 0 Å². The molecule has 0 aliphatic rings. The number of hydrogen-bond donors (Lipinski definition) is 0. The van der Waals surface area contributed by atoms with Crippen LogP contribution in [0.15, 0.2) is 0 Å². The minimum absolute atomic E-state index is 0.471. The lowest BCUT2D eigenvalue weighted by Gasteiger charge is -2.02. The van der Waals surface area contributed by atoms with E-state index in [1.54, 1.807) is 0 Å². The van der Waals surface area contributed by atoms with Gasteiger partial charge < -0.3 is 4.74 Å². The van der Waals surface area contributed by atoms with Crippen molar-refractivity contribution in [2.75, 3.05) is 6.61 Å². The van der Waals surface area contributed by atoms with Crippen molar-refractivity contribution in [2.24, 2.45) is 0 Å². The second-order valence-electron chi connectivity index (χ2n) is 4.11. The molecule has 0 heterocycles. The van der Waals surface area contributed by atoms with Gasteiger partial charge in [-0.1, -0.05) is 58.3 Å². The molecule has 0 unspecified atom stereocenters. The van der Waals surface area contributed by atoms with E-state index in [1.807, 2.05) is 5.92 Å². The van der Waals surface area contributed by atoms with Gasteiger partial charge in [-0.15, -0.1) is 6.42 Å². The van der Waals surface area contributed by atoms with Gasteiger partial charge >= 0.3 is 5.97 Å². The molecule has 0 amide bonds. The van der Waals surface area contributed by atoms with Crippen molar-refractivity contribution in [3.63, 3.8) is 0 Å². The highest BCUT2D eigenvalue weighted by atomic mass is 16.5. The Hall–Kier alpha value is -0.970. The van der Waals surface area contributed by atoms with Gasteiger partial charge in [0.2, 0.25) is 0 Å². The Kier molecular flexibility index (Phi) is 11.4. The van der Waals surface area contributed by atoms with E-state index in [2.05, 4.69) is 6.92 Å². The molecule has 0 aliphatic heterocycles. The van der Waals surface area contributed by atoms with Crippen LogP contribution >= 0.6 is 0 Å². The summed E-state index contributed by atoms with van der Waals surface area (Å²) in [6.45, 7) is 2.70. The predicted octanol–water partition coefficient (Wildman–Crippen LogP) is 3.69. The molecule has 2 heteroatoms. The number of carbonyl (C=O) groups is 1. The smallest absolute Gasteiger partial charge is 0.384 e. The number of esters is 1. The van der Waals surface area contributed by atoms with Gasteiger partial charge in [0.1, 0.15) is 0 Å². The molecule has 16 heavy (non-hydrogen) atoms. The SMILES string of the molecule is C#CC(=O)OCCCCCCCCCCC. The van der Waals surface area contributed by atoms with Crippen LogP contribution in [0.3, 0.4) is 0 Å². The lowest BCUT2D eigenvalue weighted by atomic mass is 10.1. The van der Waals surface area contributed by atoms with Crippen LogP contribution in [0.25, 0.3) is 0 Å². The molecule has 0 rings (SSSR count). The fraction of sp³-hybridized carbons (Fsp3) is 0.786. The topological polar surface area (TPSA) is 26.3 Å². The van der Waals surface area contributed by atoms with E-state index < -0.39 is 5.97 Å².